The molecule has 123 valence electrons. The minimum atomic E-state index is -0.686. The van der Waals surface area contributed by atoms with Gasteiger partial charge in [0.05, 0.1) is 0 Å². The zero-order valence-corrected chi connectivity index (χ0v) is 15.5. The van der Waals surface area contributed by atoms with E-state index in [-0.39, 0.29) is 0 Å². The molecule has 0 fully saturated rings. The van der Waals surface area contributed by atoms with Crippen molar-refractivity contribution in [1.29, 1.82) is 0 Å². The minimum absolute atomic E-state index is 0.686. The first kappa shape index (κ1) is 16.1. The maximum Gasteiger partial charge on any atom is 0.882 e. The van der Waals surface area contributed by atoms with Crippen LogP contribution in [0.15, 0.2) is 48.5 Å². The number of pyridine rings is 2. The number of hydrogen-bond donors (Lipinski definition) is 0. The van der Waals surface area contributed by atoms with Crippen LogP contribution in [0.5, 0.6) is 5.75 Å². The Bertz CT molecular complexity index is 969. The molecule has 0 bridgehead atoms. The number of fused-ring (bicyclic) bond motifs is 2. The van der Waals surface area contributed by atoms with Gasteiger partial charge in [0, 0.05) is 16.8 Å². The topological polar surface area (TPSA) is 44.2 Å². The fraction of sp³-hybridized carbons (Fsp3) is 0.200. The third kappa shape index (κ3) is 3.39. The molecule has 1 radical (unpaired) electrons. The third-order valence-corrected chi connectivity index (χ3v) is 4.97. The number of nitrogens with zero attached hydrogens (tertiary/aromatic N) is 2. The predicted octanol–water partition coefficient (Wildman–Crippen LogP) is 4.16. The molecule has 5 heteroatoms. The average Bonchev–Trinajstić information content (AvgIpc) is 2.62. The molecule has 2 heterocycles. The van der Waals surface area contributed by atoms with Gasteiger partial charge in [0.1, 0.15) is 22.7 Å². The molecule has 1 aliphatic rings. The summed E-state index contributed by atoms with van der Waals surface area (Å²) in [6.45, 7) is 3.98. The fourth-order valence-electron chi connectivity index (χ4n) is 3.00. The summed E-state index contributed by atoms with van der Waals surface area (Å²) in [6.07, 6.45) is 4.09. The zero-order chi connectivity index (χ0) is 17.2. The van der Waals surface area contributed by atoms with E-state index in [1.165, 1.54) is 5.56 Å². The van der Waals surface area contributed by atoms with Gasteiger partial charge in [-0.05, 0) is 56.5 Å². The van der Waals surface area contributed by atoms with Crippen molar-refractivity contribution in [2.45, 2.75) is 26.7 Å². The lowest BCUT2D eigenvalue weighted by molar-refractivity contribution is 0.431. The van der Waals surface area contributed by atoms with Crippen LogP contribution in [0, 0.1) is 13.8 Å². The van der Waals surface area contributed by atoms with E-state index in [1.54, 1.807) is 0 Å². The largest absolute Gasteiger partial charge is 0.882 e. The van der Waals surface area contributed by atoms with Crippen molar-refractivity contribution in [1.82, 2.24) is 9.97 Å². The number of para-hydroxylation sites is 1. The smallest absolute Gasteiger partial charge is 0.614 e. The van der Waals surface area contributed by atoms with E-state index in [1.807, 2.05) is 38.1 Å². The van der Waals surface area contributed by atoms with Gasteiger partial charge >= 0.3 is 15.9 Å². The van der Waals surface area contributed by atoms with E-state index in [2.05, 4.69) is 34.2 Å². The highest BCUT2D eigenvalue weighted by atomic mass is 27.2. The molecule has 4 nitrogen and oxygen atoms in total. The van der Waals surface area contributed by atoms with Crippen molar-refractivity contribution in [3.05, 3.63) is 71.2 Å². The number of benzene rings is 1. The Morgan fingerprint density at radius 1 is 0.920 bits per heavy atom. The highest BCUT2D eigenvalue weighted by Gasteiger charge is 2.18. The Morgan fingerprint density at radius 3 is 2.68 bits per heavy atom. The van der Waals surface area contributed by atoms with Crippen molar-refractivity contribution in [3.8, 4) is 5.75 Å². The molecule has 0 unspecified atom stereocenters. The van der Waals surface area contributed by atoms with Gasteiger partial charge in [-0.2, -0.15) is 0 Å². The Kier molecular flexibility index (Phi) is 4.44. The highest BCUT2D eigenvalue weighted by Crippen LogP contribution is 2.27. The molecule has 4 rings (SSSR count). The van der Waals surface area contributed by atoms with Crippen LogP contribution in [0.3, 0.4) is 0 Å². The van der Waals surface area contributed by atoms with Crippen LogP contribution in [0.25, 0.3) is 16.7 Å². The lowest BCUT2D eigenvalue weighted by Crippen LogP contribution is -2.12. The Morgan fingerprint density at radius 2 is 1.76 bits per heavy atom. The molecule has 0 N–H and O–H groups in total. The van der Waals surface area contributed by atoms with Crippen LogP contribution < -0.4 is 3.79 Å². The van der Waals surface area contributed by atoms with Crippen LogP contribution in [-0.2, 0) is 10.2 Å². The summed E-state index contributed by atoms with van der Waals surface area (Å²) in [5.41, 5.74) is 5.05. The van der Waals surface area contributed by atoms with Crippen molar-refractivity contribution >= 4 is 32.5 Å². The van der Waals surface area contributed by atoms with E-state index < -0.39 is 15.9 Å². The van der Waals surface area contributed by atoms with E-state index in [4.69, 9.17) is 7.58 Å². The first-order valence-electron chi connectivity index (χ1n) is 8.39. The van der Waals surface area contributed by atoms with Gasteiger partial charge in [-0.15, -0.1) is 0 Å². The van der Waals surface area contributed by atoms with Gasteiger partial charge in [-0.25, -0.2) is 9.97 Å². The monoisotopic (exact) mass is 345 g/mol. The summed E-state index contributed by atoms with van der Waals surface area (Å²) in [7, 11) is 0. The third-order valence-electron chi connectivity index (χ3n) is 4.27. The molecule has 3 aromatic rings. The standard InChI is InChI=1S/C10H11NO.C10H9NO.Al/c2*1-7-5-6-8-3-2-4-9(12)10(8)11-7;/h4-6,12H,2-3H2,1H3;2-6,12H,1H3;/q;;+2/p-2. The molecule has 2 aromatic heterocycles. The number of allylic oxidation sites excluding steroid dienone is 1. The molecule has 0 atom stereocenters. The van der Waals surface area contributed by atoms with Gasteiger partial charge in [0.15, 0.2) is 0 Å². The summed E-state index contributed by atoms with van der Waals surface area (Å²) in [4.78, 5) is 9.23. The summed E-state index contributed by atoms with van der Waals surface area (Å²) in [5.74, 6) is 1.61. The number of rotatable bonds is 4. The van der Waals surface area contributed by atoms with Gasteiger partial charge in [0.2, 0.25) is 0 Å². The van der Waals surface area contributed by atoms with Gasteiger partial charge < -0.3 is 7.58 Å². The zero-order valence-electron chi connectivity index (χ0n) is 14.3. The molecule has 0 amide bonds. The first-order chi connectivity index (χ1) is 12.2. The molecule has 25 heavy (non-hydrogen) atoms. The van der Waals surface area contributed by atoms with Crippen molar-refractivity contribution in [2.75, 3.05) is 0 Å². The molecule has 0 saturated carbocycles. The number of aromatic nitrogens is 2. The quantitative estimate of drug-likeness (QED) is 0.666. The van der Waals surface area contributed by atoms with Crippen LogP contribution in [0.4, 0.5) is 0 Å². The summed E-state index contributed by atoms with van der Waals surface area (Å²) in [6, 6.07) is 14.2. The van der Waals surface area contributed by atoms with E-state index in [0.29, 0.717) is 0 Å². The molecule has 0 saturated heterocycles. The van der Waals surface area contributed by atoms with Crippen molar-refractivity contribution in [3.63, 3.8) is 0 Å². The second kappa shape index (κ2) is 6.87. The Balaban J connectivity index is 1.51. The van der Waals surface area contributed by atoms with E-state index in [0.717, 1.165) is 52.3 Å². The first-order valence-corrected chi connectivity index (χ1v) is 9.33. The van der Waals surface area contributed by atoms with Crippen LogP contribution in [-0.4, -0.2) is 25.9 Å². The molecule has 0 aliphatic heterocycles. The van der Waals surface area contributed by atoms with Gasteiger partial charge in [-0.1, -0.05) is 24.3 Å². The highest BCUT2D eigenvalue weighted by molar-refractivity contribution is 6.22. The van der Waals surface area contributed by atoms with Crippen LogP contribution in [0.1, 0.15) is 29.1 Å². The molecule has 0 spiro atoms. The Hall–Kier alpha value is -2.35. The van der Waals surface area contributed by atoms with Crippen LogP contribution >= 0.6 is 0 Å². The molecular formula is C20H18AlN2O2. The predicted molar refractivity (Wildman–Crippen MR) is 99.2 cm³/mol. The maximum absolute atomic E-state index is 5.98. The van der Waals surface area contributed by atoms with Crippen molar-refractivity contribution < 1.29 is 7.58 Å². The van der Waals surface area contributed by atoms with Gasteiger partial charge in [0.25, 0.3) is 0 Å². The fourth-order valence-corrected chi connectivity index (χ4v) is 3.65. The molecule has 1 aliphatic carbocycles. The lowest BCUT2D eigenvalue weighted by atomic mass is 10.0. The van der Waals surface area contributed by atoms with Crippen LogP contribution in [0.2, 0.25) is 0 Å². The van der Waals surface area contributed by atoms with Gasteiger partial charge in [-0.3, -0.25) is 0 Å². The minimum Gasteiger partial charge on any atom is -0.614 e. The normalized spacial score (nSPS) is 13.1. The maximum atomic E-state index is 5.98. The molecule has 1 aromatic carbocycles. The lowest BCUT2D eigenvalue weighted by Gasteiger charge is -2.19. The second-order valence-electron chi connectivity index (χ2n) is 6.18. The SMILES string of the molecule is Cc1ccc2c(n1)C([O][Al][O]c1cccc3ccc(C)nc13)=CCC2. The van der Waals surface area contributed by atoms with Crippen molar-refractivity contribution in [2.24, 2.45) is 0 Å². The summed E-state index contributed by atoms with van der Waals surface area (Å²) in [5, 5.41) is 1.07. The van der Waals surface area contributed by atoms with E-state index >= 15 is 0 Å². The van der Waals surface area contributed by atoms with E-state index in [9.17, 15) is 0 Å². The Labute approximate surface area is 153 Å². The second-order valence-corrected chi connectivity index (χ2v) is 6.84. The summed E-state index contributed by atoms with van der Waals surface area (Å²) < 4.78 is 11.9. The number of aryl methyl sites for hydroxylation is 3. The number of hydrogen-bond acceptors (Lipinski definition) is 4. The molecular weight excluding hydrogens is 327 g/mol. The average molecular weight is 345 g/mol. The summed E-state index contributed by atoms with van der Waals surface area (Å²) >= 11 is -0.686.